The lowest BCUT2D eigenvalue weighted by atomic mass is 9.86. The Kier molecular flexibility index (Phi) is 5.01. The van der Waals surface area contributed by atoms with Gasteiger partial charge in [-0.15, -0.1) is 22.9 Å². The molecule has 1 aromatic rings. The molecule has 0 radical (unpaired) electrons. The zero-order valence-corrected chi connectivity index (χ0v) is 12.2. The number of thiazole rings is 1. The van der Waals surface area contributed by atoms with Crippen LogP contribution in [-0.4, -0.2) is 16.9 Å². The van der Waals surface area contributed by atoms with Gasteiger partial charge in [0.15, 0.2) is 0 Å². The molecule has 2 unspecified atom stereocenters. The van der Waals surface area contributed by atoms with Gasteiger partial charge in [-0.1, -0.05) is 19.8 Å². The Morgan fingerprint density at radius 1 is 1.56 bits per heavy atom. The van der Waals surface area contributed by atoms with Crippen LogP contribution in [0.25, 0.3) is 0 Å². The maximum absolute atomic E-state index is 11.9. The SMILES string of the molecule is CC1CCCCC1NC(=O)Cc1nc(CCl)cs1. The van der Waals surface area contributed by atoms with Gasteiger partial charge in [0.25, 0.3) is 0 Å². The minimum atomic E-state index is 0.0872. The summed E-state index contributed by atoms with van der Waals surface area (Å²) in [6.45, 7) is 2.22. The summed E-state index contributed by atoms with van der Waals surface area (Å²) in [5.41, 5.74) is 0.857. The molecule has 100 valence electrons. The van der Waals surface area contributed by atoms with Crippen molar-refractivity contribution in [2.45, 2.75) is 50.9 Å². The Morgan fingerprint density at radius 2 is 2.33 bits per heavy atom. The van der Waals surface area contributed by atoms with Crippen LogP contribution in [0, 0.1) is 5.92 Å². The van der Waals surface area contributed by atoms with Crippen molar-refractivity contribution in [2.24, 2.45) is 5.92 Å². The molecule has 0 aliphatic heterocycles. The second kappa shape index (κ2) is 6.53. The Bertz CT molecular complexity index is 407. The number of hydrogen-bond donors (Lipinski definition) is 1. The van der Waals surface area contributed by atoms with E-state index < -0.39 is 0 Å². The van der Waals surface area contributed by atoms with E-state index >= 15 is 0 Å². The van der Waals surface area contributed by atoms with E-state index in [0.717, 1.165) is 17.1 Å². The molecule has 1 fully saturated rings. The van der Waals surface area contributed by atoms with Crippen molar-refractivity contribution in [1.29, 1.82) is 0 Å². The Labute approximate surface area is 117 Å². The molecule has 1 heterocycles. The van der Waals surface area contributed by atoms with Gasteiger partial charge in [-0.25, -0.2) is 4.98 Å². The van der Waals surface area contributed by atoms with Crippen LogP contribution >= 0.6 is 22.9 Å². The van der Waals surface area contributed by atoms with Gasteiger partial charge in [0.2, 0.25) is 5.91 Å². The second-order valence-electron chi connectivity index (χ2n) is 4.98. The van der Waals surface area contributed by atoms with E-state index in [9.17, 15) is 4.79 Å². The fraction of sp³-hybridized carbons (Fsp3) is 0.692. The lowest BCUT2D eigenvalue weighted by molar-refractivity contribution is -0.121. The van der Waals surface area contributed by atoms with Gasteiger partial charge in [-0.05, 0) is 18.8 Å². The Morgan fingerprint density at radius 3 is 3.00 bits per heavy atom. The minimum Gasteiger partial charge on any atom is -0.353 e. The number of amides is 1. The molecule has 3 nitrogen and oxygen atoms in total. The third-order valence-electron chi connectivity index (χ3n) is 3.51. The summed E-state index contributed by atoms with van der Waals surface area (Å²) in [7, 11) is 0. The smallest absolute Gasteiger partial charge is 0.227 e. The van der Waals surface area contributed by atoms with Crippen molar-refractivity contribution in [3.8, 4) is 0 Å². The van der Waals surface area contributed by atoms with Gasteiger partial charge in [-0.2, -0.15) is 0 Å². The van der Waals surface area contributed by atoms with Crippen molar-refractivity contribution in [3.63, 3.8) is 0 Å². The van der Waals surface area contributed by atoms with E-state index in [0.29, 0.717) is 24.3 Å². The monoisotopic (exact) mass is 286 g/mol. The first kappa shape index (κ1) is 13.8. The van der Waals surface area contributed by atoms with E-state index in [1.807, 2.05) is 5.38 Å². The molecular weight excluding hydrogens is 268 g/mol. The van der Waals surface area contributed by atoms with Crippen LogP contribution in [-0.2, 0) is 17.1 Å². The van der Waals surface area contributed by atoms with Gasteiger partial charge in [0.1, 0.15) is 5.01 Å². The molecule has 1 N–H and O–H groups in total. The summed E-state index contributed by atoms with van der Waals surface area (Å²) < 4.78 is 0. The highest BCUT2D eigenvalue weighted by atomic mass is 35.5. The molecule has 0 bridgehead atoms. The topological polar surface area (TPSA) is 42.0 Å². The van der Waals surface area contributed by atoms with Crippen LogP contribution in [0.15, 0.2) is 5.38 Å². The molecule has 1 aromatic heterocycles. The molecule has 1 amide bonds. The van der Waals surface area contributed by atoms with Crippen LogP contribution in [0.4, 0.5) is 0 Å². The highest BCUT2D eigenvalue weighted by Crippen LogP contribution is 2.23. The average molecular weight is 287 g/mol. The maximum atomic E-state index is 11.9. The number of nitrogens with one attached hydrogen (secondary N) is 1. The summed E-state index contributed by atoms with van der Waals surface area (Å²) in [6.07, 6.45) is 5.23. The molecule has 1 aliphatic rings. The second-order valence-corrected chi connectivity index (χ2v) is 6.19. The molecule has 1 aliphatic carbocycles. The van der Waals surface area contributed by atoms with Crippen molar-refractivity contribution in [1.82, 2.24) is 10.3 Å². The van der Waals surface area contributed by atoms with Crippen LogP contribution < -0.4 is 5.32 Å². The largest absolute Gasteiger partial charge is 0.353 e. The third-order valence-corrected chi connectivity index (χ3v) is 4.68. The lowest BCUT2D eigenvalue weighted by Crippen LogP contribution is -2.41. The fourth-order valence-corrected chi connectivity index (χ4v) is 3.44. The highest BCUT2D eigenvalue weighted by Gasteiger charge is 2.23. The summed E-state index contributed by atoms with van der Waals surface area (Å²) >= 11 is 7.20. The van der Waals surface area contributed by atoms with E-state index in [-0.39, 0.29) is 5.91 Å². The van der Waals surface area contributed by atoms with Crippen LogP contribution in [0.3, 0.4) is 0 Å². The maximum Gasteiger partial charge on any atom is 0.227 e. The van der Waals surface area contributed by atoms with Crippen molar-refractivity contribution in [3.05, 3.63) is 16.1 Å². The number of halogens is 1. The molecule has 1 saturated carbocycles. The molecule has 0 aromatic carbocycles. The molecule has 5 heteroatoms. The normalized spacial score (nSPS) is 23.9. The van der Waals surface area contributed by atoms with Crippen molar-refractivity contribution >= 4 is 28.8 Å². The summed E-state index contributed by atoms with van der Waals surface area (Å²) in [6, 6.07) is 0.346. The Hall–Kier alpha value is -0.610. The standard InChI is InChI=1S/C13H19ClN2OS/c1-9-4-2-3-5-11(9)16-12(17)6-13-15-10(7-14)8-18-13/h8-9,11H,2-7H2,1H3,(H,16,17). The summed E-state index contributed by atoms with van der Waals surface area (Å²) in [4.78, 5) is 16.3. The predicted molar refractivity (Wildman–Crippen MR) is 74.9 cm³/mol. The number of aromatic nitrogens is 1. The predicted octanol–water partition coefficient (Wildman–Crippen LogP) is 3.12. The summed E-state index contributed by atoms with van der Waals surface area (Å²) in [5, 5.41) is 5.91. The van der Waals surface area contributed by atoms with Crippen LogP contribution in [0.5, 0.6) is 0 Å². The van der Waals surface area contributed by atoms with Gasteiger partial charge >= 0.3 is 0 Å². The van der Waals surface area contributed by atoms with Crippen LogP contribution in [0.1, 0.15) is 43.3 Å². The van der Waals surface area contributed by atoms with Gasteiger partial charge in [0, 0.05) is 11.4 Å². The summed E-state index contributed by atoms with van der Waals surface area (Å²) in [5.74, 6) is 1.10. The number of carbonyl (C=O) groups excluding carboxylic acids is 1. The zero-order chi connectivity index (χ0) is 13.0. The van der Waals surface area contributed by atoms with E-state index in [2.05, 4.69) is 17.2 Å². The highest BCUT2D eigenvalue weighted by molar-refractivity contribution is 7.09. The first-order chi connectivity index (χ1) is 8.69. The number of carbonyl (C=O) groups is 1. The molecule has 0 saturated heterocycles. The van der Waals surface area contributed by atoms with Crippen molar-refractivity contribution in [2.75, 3.05) is 0 Å². The number of nitrogens with zero attached hydrogens (tertiary/aromatic N) is 1. The number of hydrogen-bond acceptors (Lipinski definition) is 3. The molecule has 0 spiro atoms. The first-order valence-electron chi connectivity index (χ1n) is 6.47. The molecule has 2 rings (SSSR count). The van der Waals surface area contributed by atoms with E-state index in [1.54, 1.807) is 0 Å². The van der Waals surface area contributed by atoms with Gasteiger partial charge < -0.3 is 5.32 Å². The molecule has 2 atom stereocenters. The fourth-order valence-electron chi connectivity index (χ4n) is 2.42. The van der Waals surface area contributed by atoms with Gasteiger partial charge in [0.05, 0.1) is 18.0 Å². The number of rotatable bonds is 4. The molecular formula is C13H19ClN2OS. The van der Waals surface area contributed by atoms with Crippen LogP contribution in [0.2, 0.25) is 0 Å². The quantitative estimate of drug-likeness (QED) is 0.864. The molecule has 18 heavy (non-hydrogen) atoms. The third kappa shape index (κ3) is 3.69. The Balaban J connectivity index is 1.84. The average Bonchev–Trinajstić information content (AvgIpc) is 2.80. The van der Waals surface area contributed by atoms with E-state index in [4.69, 9.17) is 11.6 Å². The van der Waals surface area contributed by atoms with E-state index in [1.165, 1.54) is 30.6 Å². The zero-order valence-electron chi connectivity index (χ0n) is 10.6. The van der Waals surface area contributed by atoms with Gasteiger partial charge in [-0.3, -0.25) is 4.79 Å². The number of alkyl halides is 1. The van der Waals surface area contributed by atoms with Crippen molar-refractivity contribution < 1.29 is 4.79 Å². The lowest BCUT2D eigenvalue weighted by Gasteiger charge is -2.29. The minimum absolute atomic E-state index is 0.0872. The first-order valence-corrected chi connectivity index (χ1v) is 7.89.